The number of rotatable bonds is 7. The number of hydrogen-bond acceptors (Lipinski definition) is 3. The Morgan fingerprint density at radius 2 is 2.00 bits per heavy atom. The summed E-state index contributed by atoms with van der Waals surface area (Å²) in [5.74, 6) is 1.30. The summed E-state index contributed by atoms with van der Waals surface area (Å²) in [5, 5.41) is 8.27. The molecule has 4 rings (SSSR count). The molecule has 0 bridgehead atoms. The molecule has 30 heavy (non-hydrogen) atoms. The van der Waals surface area contributed by atoms with Crippen LogP contribution in [0.5, 0.6) is 11.6 Å². The zero-order valence-corrected chi connectivity index (χ0v) is 17.9. The lowest BCUT2D eigenvalue weighted by Gasteiger charge is -2.23. The molecule has 1 aliphatic carbocycles. The first-order valence-electron chi connectivity index (χ1n) is 10.2. The Balaban J connectivity index is 1.76. The molecule has 6 nitrogen and oxygen atoms in total. The van der Waals surface area contributed by atoms with Crippen LogP contribution in [0.1, 0.15) is 31.0 Å². The Labute approximate surface area is 181 Å². The molecule has 0 radical (unpaired) electrons. The quantitative estimate of drug-likeness (QED) is 0.558. The summed E-state index contributed by atoms with van der Waals surface area (Å²) in [5.41, 5.74) is 2.51. The van der Waals surface area contributed by atoms with Gasteiger partial charge in [0.2, 0.25) is 5.88 Å². The van der Waals surface area contributed by atoms with Gasteiger partial charge in [0, 0.05) is 17.6 Å². The summed E-state index contributed by atoms with van der Waals surface area (Å²) in [6.45, 7) is 4.90. The van der Waals surface area contributed by atoms with E-state index < -0.39 is 0 Å². The smallest absolute Gasteiger partial charge is 0.317 e. The normalized spacial score (nSPS) is 13.2. The van der Waals surface area contributed by atoms with Crippen molar-refractivity contribution in [2.45, 2.75) is 39.3 Å². The number of para-hydroxylation sites is 1. The van der Waals surface area contributed by atoms with Gasteiger partial charge in [0.25, 0.3) is 0 Å². The fourth-order valence-electron chi connectivity index (χ4n) is 3.38. The third-order valence-corrected chi connectivity index (χ3v) is 5.29. The number of benzene rings is 2. The Morgan fingerprint density at radius 1 is 1.23 bits per heavy atom. The summed E-state index contributed by atoms with van der Waals surface area (Å²) in [4.78, 5) is 14.5. The van der Waals surface area contributed by atoms with Gasteiger partial charge in [-0.2, -0.15) is 5.10 Å². The van der Waals surface area contributed by atoms with Crippen molar-refractivity contribution >= 4 is 17.6 Å². The summed E-state index contributed by atoms with van der Waals surface area (Å²) in [6.07, 6.45) is 2.04. The van der Waals surface area contributed by atoms with E-state index in [0.29, 0.717) is 29.7 Å². The van der Waals surface area contributed by atoms with Gasteiger partial charge in [-0.05, 0) is 57.0 Å². The first-order chi connectivity index (χ1) is 14.6. The summed E-state index contributed by atoms with van der Waals surface area (Å²) >= 11 is 6.22. The maximum atomic E-state index is 12.7. The van der Waals surface area contributed by atoms with Gasteiger partial charge in [0.1, 0.15) is 5.75 Å². The number of halogens is 1. The molecule has 0 spiro atoms. The van der Waals surface area contributed by atoms with Crippen LogP contribution in [0.3, 0.4) is 0 Å². The van der Waals surface area contributed by atoms with Crippen molar-refractivity contribution in [3.05, 3.63) is 70.9 Å². The zero-order valence-electron chi connectivity index (χ0n) is 17.1. The van der Waals surface area contributed by atoms with Crippen molar-refractivity contribution < 1.29 is 9.53 Å². The van der Waals surface area contributed by atoms with Crippen LogP contribution in [0, 0.1) is 6.92 Å². The van der Waals surface area contributed by atoms with Crippen molar-refractivity contribution in [2.24, 2.45) is 0 Å². The van der Waals surface area contributed by atoms with Gasteiger partial charge in [-0.1, -0.05) is 35.9 Å². The lowest BCUT2D eigenvalue weighted by molar-refractivity contribution is 0.192. The van der Waals surface area contributed by atoms with Gasteiger partial charge in [-0.3, -0.25) is 0 Å². The molecule has 2 amide bonds. The highest BCUT2D eigenvalue weighted by Gasteiger charge is 2.34. The topological polar surface area (TPSA) is 59.4 Å². The first-order valence-corrected chi connectivity index (χ1v) is 10.6. The van der Waals surface area contributed by atoms with Crippen molar-refractivity contribution in [1.82, 2.24) is 20.0 Å². The predicted octanol–water partition coefficient (Wildman–Crippen LogP) is 5.32. The van der Waals surface area contributed by atoms with E-state index in [1.165, 1.54) is 0 Å². The molecule has 2 aromatic carbocycles. The van der Waals surface area contributed by atoms with E-state index >= 15 is 0 Å². The minimum atomic E-state index is -0.0550. The largest absolute Gasteiger partial charge is 0.439 e. The van der Waals surface area contributed by atoms with Gasteiger partial charge < -0.3 is 15.0 Å². The van der Waals surface area contributed by atoms with Crippen molar-refractivity contribution in [3.63, 3.8) is 0 Å². The molecule has 0 saturated heterocycles. The predicted molar refractivity (Wildman–Crippen MR) is 117 cm³/mol. The van der Waals surface area contributed by atoms with Crippen LogP contribution in [0.4, 0.5) is 4.79 Å². The average Bonchev–Trinajstić information content (AvgIpc) is 3.53. The lowest BCUT2D eigenvalue weighted by atomic mass is 10.2. The van der Waals surface area contributed by atoms with Crippen molar-refractivity contribution in [2.75, 3.05) is 6.54 Å². The fourth-order valence-corrected chi connectivity index (χ4v) is 3.57. The van der Waals surface area contributed by atoms with Crippen LogP contribution in [0.15, 0.2) is 54.6 Å². The van der Waals surface area contributed by atoms with E-state index in [2.05, 4.69) is 5.32 Å². The molecule has 0 atom stereocenters. The SMILES string of the molecule is CCNC(=O)N(Cc1c(C)nn(-c2cccc(Cl)c2)c1Oc1ccccc1)C1CC1. The third-order valence-electron chi connectivity index (χ3n) is 5.05. The second-order valence-corrected chi connectivity index (χ2v) is 7.81. The highest BCUT2D eigenvalue weighted by atomic mass is 35.5. The Kier molecular flexibility index (Phi) is 5.95. The highest BCUT2D eigenvalue weighted by molar-refractivity contribution is 6.30. The molecule has 0 aliphatic heterocycles. The number of nitrogens with zero attached hydrogens (tertiary/aromatic N) is 3. The Hall–Kier alpha value is -2.99. The van der Waals surface area contributed by atoms with Crippen LogP contribution in [-0.4, -0.2) is 33.3 Å². The highest BCUT2D eigenvalue weighted by Crippen LogP contribution is 2.35. The fraction of sp³-hybridized carbons (Fsp3) is 0.304. The molecule has 1 aliphatic rings. The van der Waals surface area contributed by atoms with Crippen molar-refractivity contribution in [3.8, 4) is 17.3 Å². The Morgan fingerprint density at radius 3 is 2.67 bits per heavy atom. The number of nitrogens with one attached hydrogen (secondary N) is 1. The molecule has 1 heterocycles. The molecule has 1 N–H and O–H groups in total. The molecule has 0 unspecified atom stereocenters. The number of carbonyl (C=O) groups excluding carboxylic acids is 1. The monoisotopic (exact) mass is 424 g/mol. The van der Waals surface area contributed by atoms with Gasteiger partial charge in [-0.25, -0.2) is 9.48 Å². The molecular formula is C23H25ClN4O2. The second-order valence-electron chi connectivity index (χ2n) is 7.37. The number of hydrogen-bond donors (Lipinski definition) is 1. The first kappa shape index (κ1) is 20.3. The van der Waals surface area contributed by atoms with E-state index in [0.717, 1.165) is 29.8 Å². The minimum Gasteiger partial charge on any atom is -0.439 e. The van der Waals surface area contributed by atoms with E-state index in [4.69, 9.17) is 21.4 Å². The number of carbonyl (C=O) groups is 1. The lowest BCUT2D eigenvalue weighted by Crippen LogP contribution is -2.40. The maximum absolute atomic E-state index is 12.7. The van der Waals surface area contributed by atoms with Crippen LogP contribution in [0.25, 0.3) is 5.69 Å². The van der Waals surface area contributed by atoms with E-state index in [-0.39, 0.29) is 12.1 Å². The third kappa shape index (κ3) is 4.44. The number of urea groups is 1. The number of aryl methyl sites for hydroxylation is 1. The zero-order chi connectivity index (χ0) is 21.1. The Bertz CT molecular complexity index is 1030. The second kappa shape index (κ2) is 8.79. The van der Waals surface area contributed by atoms with E-state index in [9.17, 15) is 4.79 Å². The number of ether oxygens (including phenoxy) is 1. The van der Waals surface area contributed by atoms with Crippen LogP contribution in [-0.2, 0) is 6.54 Å². The molecule has 156 valence electrons. The van der Waals surface area contributed by atoms with Gasteiger partial charge in [0.15, 0.2) is 0 Å². The van der Waals surface area contributed by atoms with E-state index in [1.54, 1.807) is 4.68 Å². The molecule has 3 aromatic rings. The van der Waals surface area contributed by atoms with Crippen LogP contribution >= 0.6 is 11.6 Å². The molecular weight excluding hydrogens is 400 g/mol. The van der Waals surface area contributed by atoms with Crippen LogP contribution in [0.2, 0.25) is 5.02 Å². The molecule has 1 aromatic heterocycles. The standard InChI is InChI=1S/C23H25ClN4O2/c1-3-25-23(29)27(18-12-13-18)15-21-16(2)26-28(19-9-7-8-17(24)14-19)22(21)30-20-10-5-4-6-11-20/h4-11,14,18H,3,12-13,15H2,1-2H3,(H,25,29). The molecule has 1 fully saturated rings. The van der Waals surface area contributed by atoms with Gasteiger partial charge >= 0.3 is 6.03 Å². The molecule has 1 saturated carbocycles. The summed E-state index contributed by atoms with van der Waals surface area (Å²) in [6, 6.07) is 17.3. The van der Waals surface area contributed by atoms with Crippen LogP contribution < -0.4 is 10.1 Å². The average molecular weight is 425 g/mol. The summed E-state index contributed by atoms with van der Waals surface area (Å²) in [7, 11) is 0. The van der Waals surface area contributed by atoms with Crippen molar-refractivity contribution in [1.29, 1.82) is 0 Å². The maximum Gasteiger partial charge on any atom is 0.317 e. The van der Waals surface area contributed by atoms with Gasteiger partial charge in [-0.15, -0.1) is 0 Å². The van der Waals surface area contributed by atoms with Gasteiger partial charge in [0.05, 0.1) is 23.5 Å². The number of amides is 2. The molecule has 7 heteroatoms. The summed E-state index contributed by atoms with van der Waals surface area (Å²) < 4.78 is 8.05. The number of aromatic nitrogens is 2. The minimum absolute atomic E-state index is 0.0550. The van der Waals surface area contributed by atoms with E-state index in [1.807, 2.05) is 73.3 Å².